The van der Waals surface area contributed by atoms with Gasteiger partial charge in [-0.1, -0.05) is 17.7 Å². The third-order valence-electron chi connectivity index (χ3n) is 4.08. The Kier molecular flexibility index (Phi) is 4.49. The summed E-state index contributed by atoms with van der Waals surface area (Å²) in [7, 11) is 0. The molecule has 0 unspecified atom stereocenters. The fourth-order valence-electron chi connectivity index (χ4n) is 2.75. The molecule has 2 aromatic heterocycles. The maximum atomic E-state index is 12.6. The third kappa shape index (κ3) is 3.36. The fraction of sp³-hybridized carbons (Fsp3) is 0.235. The van der Waals surface area contributed by atoms with E-state index in [-0.39, 0.29) is 17.7 Å². The number of aromatic nitrogens is 4. The normalized spacial score (nSPS) is 14.5. The zero-order valence-electron chi connectivity index (χ0n) is 13.7. The van der Waals surface area contributed by atoms with Crippen LogP contribution in [0.3, 0.4) is 0 Å². The Morgan fingerprint density at radius 2 is 1.81 bits per heavy atom. The van der Waals surface area contributed by atoms with Crippen molar-refractivity contribution >= 4 is 23.5 Å². The van der Waals surface area contributed by atoms with Gasteiger partial charge in [0.2, 0.25) is 11.8 Å². The van der Waals surface area contributed by atoms with Gasteiger partial charge in [0.15, 0.2) is 0 Å². The number of amides is 1. The van der Waals surface area contributed by atoms with Crippen molar-refractivity contribution in [1.82, 2.24) is 25.1 Å². The van der Waals surface area contributed by atoms with Crippen LogP contribution in [0.25, 0.3) is 11.5 Å². The summed E-state index contributed by atoms with van der Waals surface area (Å²) in [5.74, 6) is 0.636. The number of anilines is 1. The number of piperazine rings is 1. The number of nitrogens with zero attached hydrogens (tertiary/aromatic N) is 6. The first-order valence-electron chi connectivity index (χ1n) is 8.11. The van der Waals surface area contributed by atoms with E-state index in [1.807, 2.05) is 4.90 Å². The lowest BCUT2D eigenvalue weighted by atomic mass is 10.2. The molecule has 0 saturated carbocycles. The molecule has 3 heterocycles. The molecule has 1 aromatic carbocycles. The molecular formula is C17H15ClN6O2. The van der Waals surface area contributed by atoms with Crippen LogP contribution in [0.5, 0.6) is 0 Å². The molecule has 0 atom stereocenters. The van der Waals surface area contributed by atoms with Gasteiger partial charge in [0.1, 0.15) is 0 Å². The van der Waals surface area contributed by atoms with Crippen LogP contribution < -0.4 is 4.90 Å². The summed E-state index contributed by atoms with van der Waals surface area (Å²) in [4.78, 5) is 24.8. The molecule has 0 N–H and O–H groups in total. The minimum atomic E-state index is -0.278. The second-order valence-corrected chi connectivity index (χ2v) is 6.19. The molecule has 1 aliphatic rings. The first-order valence-corrected chi connectivity index (χ1v) is 8.49. The van der Waals surface area contributed by atoms with E-state index < -0.39 is 0 Å². The molecule has 0 aliphatic carbocycles. The van der Waals surface area contributed by atoms with Gasteiger partial charge in [-0.2, -0.15) is 0 Å². The molecular weight excluding hydrogens is 356 g/mol. The van der Waals surface area contributed by atoms with Gasteiger partial charge in [0.05, 0.1) is 0 Å². The van der Waals surface area contributed by atoms with Crippen LogP contribution in [-0.2, 0) is 0 Å². The topological polar surface area (TPSA) is 88.3 Å². The van der Waals surface area contributed by atoms with Gasteiger partial charge in [-0.3, -0.25) is 4.79 Å². The van der Waals surface area contributed by atoms with Gasteiger partial charge in [0, 0.05) is 49.2 Å². The van der Waals surface area contributed by atoms with E-state index in [4.69, 9.17) is 16.0 Å². The SMILES string of the molecule is O=C(c1nnc(-c2cccc(Cl)c2)o1)N1CCN(c2ncccn2)CC1. The Labute approximate surface area is 154 Å². The molecule has 1 amide bonds. The third-order valence-corrected chi connectivity index (χ3v) is 4.32. The van der Waals surface area contributed by atoms with Gasteiger partial charge in [-0.25, -0.2) is 9.97 Å². The Bertz CT molecular complexity index is 908. The van der Waals surface area contributed by atoms with Crippen molar-refractivity contribution in [3.8, 4) is 11.5 Å². The molecule has 3 aromatic rings. The Morgan fingerprint density at radius 3 is 2.54 bits per heavy atom. The van der Waals surface area contributed by atoms with E-state index in [9.17, 15) is 4.79 Å². The number of rotatable bonds is 3. The monoisotopic (exact) mass is 370 g/mol. The van der Waals surface area contributed by atoms with Gasteiger partial charge < -0.3 is 14.2 Å². The lowest BCUT2D eigenvalue weighted by molar-refractivity contribution is 0.0706. The van der Waals surface area contributed by atoms with Crippen molar-refractivity contribution in [2.45, 2.75) is 0 Å². The van der Waals surface area contributed by atoms with Crippen LogP contribution >= 0.6 is 11.6 Å². The number of halogens is 1. The van der Waals surface area contributed by atoms with Crippen LogP contribution in [0.1, 0.15) is 10.7 Å². The zero-order chi connectivity index (χ0) is 17.9. The van der Waals surface area contributed by atoms with Crippen molar-refractivity contribution in [2.24, 2.45) is 0 Å². The average molecular weight is 371 g/mol. The Balaban J connectivity index is 1.43. The van der Waals surface area contributed by atoms with Gasteiger partial charge >= 0.3 is 11.8 Å². The van der Waals surface area contributed by atoms with Gasteiger partial charge in [-0.05, 0) is 24.3 Å². The number of benzene rings is 1. The summed E-state index contributed by atoms with van der Waals surface area (Å²) < 4.78 is 5.54. The summed E-state index contributed by atoms with van der Waals surface area (Å²) >= 11 is 5.97. The first-order chi connectivity index (χ1) is 12.7. The largest absolute Gasteiger partial charge is 0.412 e. The van der Waals surface area contributed by atoms with Gasteiger partial charge in [0.25, 0.3) is 0 Å². The lowest BCUT2D eigenvalue weighted by Gasteiger charge is -2.33. The van der Waals surface area contributed by atoms with Gasteiger partial charge in [-0.15, -0.1) is 10.2 Å². The molecule has 26 heavy (non-hydrogen) atoms. The maximum Gasteiger partial charge on any atom is 0.311 e. The number of hydrogen-bond acceptors (Lipinski definition) is 7. The highest BCUT2D eigenvalue weighted by molar-refractivity contribution is 6.30. The molecule has 132 valence electrons. The highest BCUT2D eigenvalue weighted by Crippen LogP contribution is 2.22. The molecule has 8 nitrogen and oxygen atoms in total. The van der Waals surface area contributed by atoms with Crippen LogP contribution in [0.2, 0.25) is 5.02 Å². The second kappa shape index (κ2) is 7.09. The standard InChI is InChI=1S/C17H15ClN6O2/c18-13-4-1-3-12(11-13)14-21-22-15(26-14)16(25)23-7-9-24(10-8-23)17-19-5-2-6-20-17/h1-6,11H,7-10H2. The van der Waals surface area contributed by atoms with E-state index in [1.54, 1.807) is 47.6 Å². The Morgan fingerprint density at radius 1 is 1.04 bits per heavy atom. The summed E-state index contributed by atoms with van der Waals surface area (Å²) in [5, 5.41) is 8.40. The van der Waals surface area contributed by atoms with E-state index in [2.05, 4.69) is 20.2 Å². The van der Waals surface area contributed by atoms with Crippen LogP contribution in [-0.4, -0.2) is 57.2 Å². The van der Waals surface area contributed by atoms with Crippen molar-refractivity contribution in [3.63, 3.8) is 0 Å². The number of carbonyl (C=O) groups is 1. The highest BCUT2D eigenvalue weighted by Gasteiger charge is 2.27. The van der Waals surface area contributed by atoms with Crippen molar-refractivity contribution < 1.29 is 9.21 Å². The quantitative estimate of drug-likeness (QED) is 0.697. The summed E-state index contributed by atoms with van der Waals surface area (Å²) in [5.41, 5.74) is 0.676. The highest BCUT2D eigenvalue weighted by atomic mass is 35.5. The smallest absolute Gasteiger partial charge is 0.311 e. The molecule has 4 rings (SSSR count). The number of carbonyl (C=O) groups excluding carboxylic acids is 1. The first kappa shape index (κ1) is 16.5. The second-order valence-electron chi connectivity index (χ2n) is 5.75. The van der Waals surface area contributed by atoms with Crippen molar-refractivity contribution in [1.29, 1.82) is 0 Å². The average Bonchev–Trinajstić information content (AvgIpc) is 3.18. The van der Waals surface area contributed by atoms with Crippen molar-refractivity contribution in [3.05, 3.63) is 53.6 Å². The van der Waals surface area contributed by atoms with Crippen LogP contribution in [0, 0.1) is 0 Å². The minimum absolute atomic E-state index is 0.0237. The van der Waals surface area contributed by atoms with E-state index in [0.717, 1.165) is 0 Å². The molecule has 9 heteroatoms. The molecule has 1 fully saturated rings. The lowest BCUT2D eigenvalue weighted by Crippen LogP contribution is -2.49. The van der Waals surface area contributed by atoms with E-state index in [0.29, 0.717) is 42.7 Å². The molecule has 0 spiro atoms. The summed E-state index contributed by atoms with van der Waals surface area (Å²) in [6, 6.07) is 8.82. The number of hydrogen-bond donors (Lipinski definition) is 0. The molecule has 1 aliphatic heterocycles. The minimum Gasteiger partial charge on any atom is -0.412 e. The molecule has 0 radical (unpaired) electrons. The molecule has 0 bridgehead atoms. The summed E-state index contributed by atoms with van der Waals surface area (Å²) in [6.07, 6.45) is 3.41. The van der Waals surface area contributed by atoms with Crippen molar-refractivity contribution in [2.75, 3.05) is 31.1 Å². The van der Waals surface area contributed by atoms with E-state index >= 15 is 0 Å². The summed E-state index contributed by atoms with van der Waals surface area (Å²) in [6.45, 7) is 2.36. The maximum absolute atomic E-state index is 12.6. The van der Waals surface area contributed by atoms with Crippen LogP contribution in [0.15, 0.2) is 47.1 Å². The Hall–Kier alpha value is -3.00. The van der Waals surface area contributed by atoms with Crippen LogP contribution in [0.4, 0.5) is 5.95 Å². The molecule has 1 saturated heterocycles. The zero-order valence-corrected chi connectivity index (χ0v) is 14.5. The predicted molar refractivity (Wildman–Crippen MR) is 94.9 cm³/mol. The van der Waals surface area contributed by atoms with E-state index in [1.165, 1.54) is 0 Å². The fourth-order valence-corrected chi connectivity index (χ4v) is 2.94. The predicted octanol–water partition coefficient (Wildman–Crippen LogP) is 2.14.